The molecule has 46 valence electrons. The fourth-order valence-electron chi connectivity index (χ4n) is 0. The van der Waals surface area contributed by atoms with E-state index < -0.39 is 9.04 Å². The Morgan fingerprint density at radius 1 is 1.29 bits per heavy atom. The summed E-state index contributed by atoms with van der Waals surface area (Å²) in [6.45, 7) is 4.28. The Labute approximate surface area is 70.2 Å². The van der Waals surface area contributed by atoms with E-state index >= 15 is 0 Å². The van der Waals surface area contributed by atoms with Crippen molar-refractivity contribution in [3.63, 3.8) is 0 Å². The third-order valence-electron chi connectivity index (χ3n) is 0.471. The van der Waals surface area contributed by atoms with Crippen LogP contribution in [0.2, 0.25) is 13.1 Å². The van der Waals surface area contributed by atoms with E-state index in [9.17, 15) is 0 Å². The summed E-state index contributed by atoms with van der Waals surface area (Å²) >= 11 is 4.24. The van der Waals surface area contributed by atoms with Crippen LogP contribution in [0.4, 0.5) is 0 Å². The van der Waals surface area contributed by atoms with Gasteiger partial charge in [-0.1, -0.05) is 0 Å². The van der Waals surface area contributed by atoms with Crippen molar-refractivity contribution in [2.45, 2.75) is 13.1 Å². The van der Waals surface area contributed by atoms with Crippen molar-refractivity contribution in [1.82, 2.24) is 0 Å². The molecule has 1 nitrogen and oxygen atoms in total. The predicted octanol–water partition coefficient (Wildman–Crippen LogP) is 2.39. The molecule has 0 aromatic heterocycles. The maximum absolute atomic E-state index is 4.89. The van der Waals surface area contributed by atoms with E-state index in [2.05, 4.69) is 50.3 Å². The third-order valence-corrected chi connectivity index (χ3v) is 1.41. The van der Waals surface area contributed by atoms with Crippen molar-refractivity contribution < 1.29 is 4.43 Å². The van der Waals surface area contributed by atoms with Gasteiger partial charge in [-0.05, 0) is 13.1 Å². The van der Waals surface area contributed by atoms with Gasteiger partial charge in [0.25, 0.3) is 0 Å². The molecule has 0 aliphatic rings. The van der Waals surface area contributed by atoms with E-state index in [1.54, 1.807) is 7.11 Å². The molecule has 0 spiro atoms. The molecule has 0 atom stereocenters. The monoisotopic (exact) mass is 344 g/mol. The van der Waals surface area contributed by atoms with Crippen LogP contribution in [0.5, 0.6) is 0 Å². The Morgan fingerprint density at radius 3 is 1.43 bits per heavy atom. The van der Waals surface area contributed by atoms with E-state index in [0.717, 1.165) is 0 Å². The van der Waals surface area contributed by atoms with Gasteiger partial charge in [-0.15, -0.1) is 0 Å². The second kappa shape index (κ2) is 10.6. The highest BCUT2D eigenvalue weighted by molar-refractivity contribution is 15.0. The molecule has 0 bridgehead atoms. The van der Waals surface area contributed by atoms with Gasteiger partial charge in [0.05, 0.1) is 0 Å². The van der Waals surface area contributed by atoms with Crippen LogP contribution in [-0.2, 0) is 4.43 Å². The van der Waals surface area contributed by atoms with Crippen molar-refractivity contribution in [1.29, 1.82) is 0 Å². The second-order valence-corrected chi connectivity index (χ2v) is 3.85. The smallest absolute Gasteiger partial charge is 0.170 e. The molecule has 0 saturated heterocycles. The third kappa shape index (κ3) is 18.3. The normalized spacial score (nSPS) is 7.71. The molecule has 0 saturated carbocycles. The first-order chi connectivity index (χ1) is 3.27. The van der Waals surface area contributed by atoms with E-state index in [1.807, 2.05) is 0 Å². The quantitative estimate of drug-likeness (QED) is 0.524. The largest absolute Gasteiger partial charge is 0.424 e. The zero-order valence-electron chi connectivity index (χ0n) is 4.74. The van der Waals surface area contributed by atoms with E-state index in [4.69, 9.17) is 4.43 Å². The Bertz CT molecular complexity index is 26.9. The average Bonchev–Trinajstić information content (AvgIpc) is 1.73. The highest BCUT2D eigenvalue weighted by atomic mass is 128. The minimum atomic E-state index is -0.650. The molecule has 0 aliphatic carbocycles. The molecular formula is C3H10I2OSi. The van der Waals surface area contributed by atoms with Crippen LogP contribution < -0.4 is 0 Å². The van der Waals surface area contributed by atoms with Crippen LogP contribution in [0, 0.1) is 0 Å². The maximum Gasteiger partial charge on any atom is 0.170 e. The number of rotatable bonds is 1. The lowest BCUT2D eigenvalue weighted by molar-refractivity contribution is 0.430. The molecule has 0 fully saturated rings. The summed E-state index contributed by atoms with van der Waals surface area (Å²) in [5.41, 5.74) is 0. The van der Waals surface area contributed by atoms with Crippen LogP contribution in [0.25, 0.3) is 0 Å². The summed E-state index contributed by atoms with van der Waals surface area (Å²) in [7, 11) is 1.11. The van der Waals surface area contributed by atoms with Gasteiger partial charge < -0.3 is 4.43 Å². The molecule has 0 unspecified atom stereocenters. The molecule has 0 amide bonds. The lowest BCUT2D eigenvalue weighted by atomic mass is 11.8. The van der Waals surface area contributed by atoms with Crippen molar-refractivity contribution in [3.8, 4) is 0 Å². The molecule has 0 radical (unpaired) electrons. The Balaban J connectivity index is 0. The zero-order chi connectivity index (χ0) is 6.28. The molecular weight excluding hydrogens is 334 g/mol. The topological polar surface area (TPSA) is 9.23 Å². The SMILES string of the molecule is CO[SiH](C)C.II. The second-order valence-electron chi connectivity index (χ2n) is 1.28. The number of hydrogen-bond acceptors (Lipinski definition) is 1. The van der Waals surface area contributed by atoms with Crippen LogP contribution in [0.3, 0.4) is 0 Å². The molecule has 0 aromatic rings. The Morgan fingerprint density at radius 2 is 1.43 bits per heavy atom. The average molecular weight is 344 g/mol. The van der Waals surface area contributed by atoms with Gasteiger partial charge >= 0.3 is 0 Å². The van der Waals surface area contributed by atoms with Gasteiger partial charge in [0, 0.05) is 44.3 Å². The fourth-order valence-corrected chi connectivity index (χ4v) is 0. The maximum atomic E-state index is 4.89. The van der Waals surface area contributed by atoms with Crippen molar-refractivity contribution in [2.24, 2.45) is 0 Å². The summed E-state index contributed by atoms with van der Waals surface area (Å²) in [5, 5.41) is 0. The lowest BCUT2D eigenvalue weighted by Gasteiger charge is -1.92. The van der Waals surface area contributed by atoms with E-state index in [1.165, 1.54) is 0 Å². The van der Waals surface area contributed by atoms with Gasteiger partial charge in [-0.3, -0.25) is 0 Å². The minimum absolute atomic E-state index is 0.650. The fraction of sp³-hybridized carbons (Fsp3) is 1.00. The van der Waals surface area contributed by atoms with Crippen LogP contribution >= 0.6 is 37.2 Å². The van der Waals surface area contributed by atoms with Crippen LogP contribution in [0.1, 0.15) is 0 Å². The first-order valence-electron chi connectivity index (χ1n) is 1.94. The van der Waals surface area contributed by atoms with Crippen molar-refractivity contribution in [2.75, 3.05) is 7.11 Å². The summed E-state index contributed by atoms with van der Waals surface area (Å²) in [5.74, 6) is 0. The molecule has 0 rings (SSSR count). The molecule has 7 heavy (non-hydrogen) atoms. The molecule has 0 N–H and O–H groups in total. The van der Waals surface area contributed by atoms with Gasteiger partial charge in [-0.25, -0.2) is 0 Å². The number of hydrogen-bond donors (Lipinski definition) is 0. The Kier molecular flexibility index (Phi) is 17.3. The summed E-state index contributed by atoms with van der Waals surface area (Å²) in [6.07, 6.45) is 0. The van der Waals surface area contributed by atoms with Crippen LogP contribution in [-0.4, -0.2) is 16.2 Å². The highest BCUT2D eigenvalue weighted by Gasteiger charge is 1.83. The minimum Gasteiger partial charge on any atom is -0.424 e. The van der Waals surface area contributed by atoms with Crippen molar-refractivity contribution in [3.05, 3.63) is 0 Å². The van der Waals surface area contributed by atoms with Gasteiger partial charge in [0.1, 0.15) is 0 Å². The summed E-state index contributed by atoms with van der Waals surface area (Å²) < 4.78 is 4.89. The zero-order valence-corrected chi connectivity index (χ0v) is 10.2. The standard InChI is InChI=1S/C3H10OSi.I2/c1-4-5(2)3;1-2/h5H,1-3H3;. The van der Waals surface area contributed by atoms with Crippen molar-refractivity contribution >= 4 is 46.3 Å². The van der Waals surface area contributed by atoms with Gasteiger partial charge in [0.15, 0.2) is 9.04 Å². The molecule has 0 aliphatic heterocycles. The Hall–Kier alpha value is 1.64. The molecule has 4 heteroatoms. The van der Waals surface area contributed by atoms with Gasteiger partial charge in [0.2, 0.25) is 0 Å². The lowest BCUT2D eigenvalue weighted by Crippen LogP contribution is -2.00. The highest BCUT2D eigenvalue weighted by Crippen LogP contribution is 1.89. The number of halogens is 2. The first-order valence-corrected chi connectivity index (χ1v) is 11.0. The molecule has 0 aromatic carbocycles. The first kappa shape index (κ1) is 11.4. The van der Waals surface area contributed by atoms with E-state index in [0.29, 0.717) is 0 Å². The summed E-state index contributed by atoms with van der Waals surface area (Å²) in [4.78, 5) is 0. The van der Waals surface area contributed by atoms with Crippen LogP contribution in [0.15, 0.2) is 0 Å². The van der Waals surface area contributed by atoms with E-state index in [-0.39, 0.29) is 0 Å². The predicted molar refractivity (Wildman–Crippen MR) is 53.9 cm³/mol. The van der Waals surface area contributed by atoms with Gasteiger partial charge in [-0.2, -0.15) is 0 Å². The molecule has 0 heterocycles. The summed E-state index contributed by atoms with van der Waals surface area (Å²) in [6, 6.07) is 0.